The maximum atomic E-state index is 11.7. The van der Waals surface area contributed by atoms with Gasteiger partial charge in [0.25, 0.3) is 5.69 Å². The molecule has 0 aliphatic rings. The number of nitro groups is 1. The molecule has 1 unspecified atom stereocenters. The molecule has 0 saturated carbocycles. The highest BCUT2D eigenvalue weighted by Gasteiger charge is 2.13. The van der Waals surface area contributed by atoms with Gasteiger partial charge in [0, 0.05) is 23.9 Å². The van der Waals surface area contributed by atoms with Gasteiger partial charge in [0.05, 0.1) is 4.92 Å². The Balaban J connectivity index is 2.61. The lowest BCUT2D eigenvalue weighted by molar-refractivity contribution is -0.384. The molecule has 0 bridgehead atoms. The molecule has 0 aromatic heterocycles. The monoisotopic (exact) mass is 251 g/mol. The molecule has 1 rings (SSSR count). The average molecular weight is 251 g/mol. The maximum absolute atomic E-state index is 11.7. The summed E-state index contributed by atoms with van der Waals surface area (Å²) >= 11 is 0. The van der Waals surface area contributed by atoms with Gasteiger partial charge < -0.3 is 10.6 Å². The molecule has 1 aromatic rings. The number of nitrogens with zero attached hydrogens (tertiary/aromatic N) is 1. The Bertz CT molecular complexity index is 429. The van der Waals surface area contributed by atoms with Crippen LogP contribution in [0.15, 0.2) is 24.3 Å². The van der Waals surface area contributed by atoms with Crippen molar-refractivity contribution in [2.75, 3.05) is 5.32 Å². The zero-order valence-electron chi connectivity index (χ0n) is 10.6. The summed E-state index contributed by atoms with van der Waals surface area (Å²) in [5.41, 5.74) is 0.701. The van der Waals surface area contributed by atoms with E-state index in [4.69, 9.17) is 0 Å². The Morgan fingerprint density at radius 2 is 1.78 bits per heavy atom. The molecule has 0 aliphatic carbocycles. The van der Waals surface area contributed by atoms with Gasteiger partial charge in [-0.2, -0.15) is 0 Å². The summed E-state index contributed by atoms with van der Waals surface area (Å²) in [6, 6.07) is 5.65. The highest BCUT2D eigenvalue weighted by atomic mass is 16.6. The molecule has 6 heteroatoms. The molecule has 1 aromatic carbocycles. The van der Waals surface area contributed by atoms with Crippen molar-refractivity contribution < 1.29 is 9.72 Å². The summed E-state index contributed by atoms with van der Waals surface area (Å²) < 4.78 is 0. The number of hydrogen-bond donors (Lipinski definition) is 2. The first kappa shape index (κ1) is 14.0. The molecule has 0 saturated heterocycles. The van der Waals surface area contributed by atoms with E-state index in [0.717, 1.165) is 0 Å². The fraction of sp³-hybridized carbons (Fsp3) is 0.417. The lowest BCUT2D eigenvalue weighted by Gasteiger charge is -2.16. The van der Waals surface area contributed by atoms with Crippen LogP contribution in [-0.4, -0.2) is 22.9 Å². The minimum absolute atomic E-state index is 0.0276. The normalized spacial score (nSPS) is 12.0. The lowest BCUT2D eigenvalue weighted by Crippen LogP contribution is -2.40. The number of nitrogens with one attached hydrogen (secondary N) is 2. The molecule has 0 fully saturated rings. The van der Waals surface area contributed by atoms with Crippen molar-refractivity contribution in [3.63, 3.8) is 0 Å². The zero-order chi connectivity index (χ0) is 13.7. The molecule has 0 spiro atoms. The molecule has 0 heterocycles. The first-order valence-electron chi connectivity index (χ1n) is 5.71. The van der Waals surface area contributed by atoms with E-state index in [0.29, 0.717) is 5.69 Å². The van der Waals surface area contributed by atoms with Crippen LogP contribution in [0.25, 0.3) is 0 Å². The third-order valence-corrected chi connectivity index (χ3v) is 2.29. The van der Waals surface area contributed by atoms with E-state index in [1.807, 2.05) is 13.8 Å². The molecule has 1 amide bonds. The first-order chi connectivity index (χ1) is 8.40. The van der Waals surface area contributed by atoms with Gasteiger partial charge in [-0.25, -0.2) is 0 Å². The van der Waals surface area contributed by atoms with Crippen molar-refractivity contribution in [2.24, 2.45) is 0 Å². The third-order valence-electron chi connectivity index (χ3n) is 2.29. The van der Waals surface area contributed by atoms with E-state index in [1.54, 1.807) is 19.1 Å². The number of rotatable bonds is 5. The van der Waals surface area contributed by atoms with Gasteiger partial charge in [-0.1, -0.05) is 0 Å². The maximum Gasteiger partial charge on any atom is 0.269 e. The molecule has 18 heavy (non-hydrogen) atoms. The van der Waals surface area contributed by atoms with Gasteiger partial charge in [-0.05, 0) is 32.9 Å². The minimum Gasteiger partial charge on any atom is -0.374 e. The number of non-ortho nitro benzene ring substituents is 1. The van der Waals surface area contributed by atoms with Crippen molar-refractivity contribution in [1.82, 2.24) is 5.32 Å². The van der Waals surface area contributed by atoms with E-state index in [9.17, 15) is 14.9 Å². The summed E-state index contributed by atoms with van der Waals surface area (Å²) in [6.45, 7) is 5.51. The molecule has 0 radical (unpaired) electrons. The highest BCUT2D eigenvalue weighted by molar-refractivity contribution is 5.84. The van der Waals surface area contributed by atoms with Crippen LogP contribution < -0.4 is 10.6 Å². The summed E-state index contributed by atoms with van der Waals surface area (Å²) in [5, 5.41) is 16.2. The molecule has 0 aliphatic heterocycles. The van der Waals surface area contributed by atoms with Crippen LogP contribution in [0, 0.1) is 10.1 Å². The summed E-state index contributed by atoms with van der Waals surface area (Å²) in [5.74, 6) is -0.108. The van der Waals surface area contributed by atoms with Gasteiger partial charge in [-0.15, -0.1) is 0 Å². The van der Waals surface area contributed by atoms with E-state index in [1.165, 1.54) is 12.1 Å². The average Bonchev–Trinajstić information content (AvgIpc) is 2.28. The van der Waals surface area contributed by atoms with Crippen molar-refractivity contribution in [3.05, 3.63) is 34.4 Å². The number of hydrogen-bond acceptors (Lipinski definition) is 4. The van der Waals surface area contributed by atoms with Crippen LogP contribution in [0.1, 0.15) is 20.8 Å². The van der Waals surface area contributed by atoms with Crippen molar-refractivity contribution in [2.45, 2.75) is 32.9 Å². The van der Waals surface area contributed by atoms with Crippen molar-refractivity contribution >= 4 is 17.3 Å². The van der Waals surface area contributed by atoms with Gasteiger partial charge in [0.1, 0.15) is 6.04 Å². The fourth-order valence-corrected chi connectivity index (χ4v) is 1.40. The second kappa shape index (κ2) is 6.00. The SMILES string of the molecule is CC(C)NC(=O)C(C)Nc1ccc([N+](=O)[O-])cc1. The molecular weight excluding hydrogens is 234 g/mol. The highest BCUT2D eigenvalue weighted by Crippen LogP contribution is 2.16. The van der Waals surface area contributed by atoms with Gasteiger partial charge in [0.2, 0.25) is 5.91 Å². The number of benzene rings is 1. The minimum atomic E-state index is -0.460. The number of amides is 1. The largest absolute Gasteiger partial charge is 0.374 e. The quantitative estimate of drug-likeness (QED) is 0.618. The van der Waals surface area contributed by atoms with Crippen LogP contribution in [0.2, 0.25) is 0 Å². The molecular formula is C12H17N3O3. The van der Waals surface area contributed by atoms with Crippen LogP contribution in [0.3, 0.4) is 0 Å². The van der Waals surface area contributed by atoms with Gasteiger partial charge in [-0.3, -0.25) is 14.9 Å². The van der Waals surface area contributed by atoms with E-state index < -0.39 is 11.0 Å². The first-order valence-corrected chi connectivity index (χ1v) is 5.71. The van der Waals surface area contributed by atoms with Gasteiger partial charge in [0.15, 0.2) is 0 Å². The number of carbonyl (C=O) groups excluding carboxylic acids is 1. The van der Waals surface area contributed by atoms with Crippen molar-refractivity contribution in [3.8, 4) is 0 Å². The number of carbonyl (C=O) groups is 1. The lowest BCUT2D eigenvalue weighted by atomic mass is 10.2. The van der Waals surface area contributed by atoms with Crippen LogP contribution in [-0.2, 0) is 4.79 Å². The summed E-state index contributed by atoms with van der Waals surface area (Å²) in [7, 11) is 0. The van der Waals surface area contributed by atoms with Crippen LogP contribution in [0.5, 0.6) is 0 Å². The molecule has 6 nitrogen and oxygen atoms in total. The zero-order valence-corrected chi connectivity index (χ0v) is 10.6. The topological polar surface area (TPSA) is 84.3 Å². The van der Waals surface area contributed by atoms with Gasteiger partial charge >= 0.3 is 0 Å². The number of nitro benzene ring substituents is 1. The van der Waals surface area contributed by atoms with Crippen LogP contribution >= 0.6 is 0 Å². The van der Waals surface area contributed by atoms with E-state index in [-0.39, 0.29) is 17.6 Å². The predicted molar refractivity (Wildman–Crippen MR) is 69.5 cm³/mol. The second-order valence-corrected chi connectivity index (χ2v) is 4.33. The van der Waals surface area contributed by atoms with Crippen molar-refractivity contribution in [1.29, 1.82) is 0 Å². The Kier molecular flexibility index (Phi) is 4.65. The second-order valence-electron chi connectivity index (χ2n) is 4.33. The standard InChI is InChI=1S/C12H17N3O3/c1-8(2)13-12(16)9(3)14-10-4-6-11(7-5-10)15(17)18/h4-9,14H,1-3H3,(H,13,16). The molecule has 98 valence electrons. The Morgan fingerprint density at radius 3 is 2.22 bits per heavy atom. The molecule has 1 atom stereocenters. The predicted octanol–water partition coefficient (Wildman–Crippen LogP) is 1.92. The van der Waals surface area contributed by atoms with Crippen LogP contribution in [0.4, 0.5) is 11.4 Å². The Morgan fingerprint density at radius 1 is 1.22 bits per heavy atom. The fourth-order valence-electron chi connectivity index (χ4n) is 1.40. The van der Waals surface area contributed by atoms with E-state index in [2.05, 4.69) is 10.6 Å². The number of anilines is 1. The third kappa shape index (κ3) is 4.04. The summed E-state index contributed by atoms with van der Waals surface area (Å²) in [6.07, 6.45) is 0. The summed E-state index contributed by atoms with van der Waals surface area (Å²) in [4.78, 5) is 21.7. The van der Waals surface area contributed by atoms with E-state index >= 15 is 0 Å². The Hall–Kier alpha value is -2.11. The molecule has 2 N–H and O–H groups in total. The Labute approximate surface area is 106 Å². The smallest absolute Gasteiger partial charge is 0.269 e.